The fourth-order valence-electron chi connectivity index (χ4n) is 2.40. The second-order valence-electron chi connectivity index (χ2n) is 4.48. The fraction of sp³-hybridized carbons (Fsp3) is 0.500. The Morgan fingerprint density at radius 3 is 2.82 bits per heavy atom. The van der Waals surface area contributed by atoms with E-state index in [9.17, 15) is 12.8 Å². The van der Waals surface area contributed by atoms with Crippen molar-refractivity contribution in [2.24, 2.45) is 5.92 Å². The average molecular weight is 257 g/mol. The molecule has 0 aliphatic carbocycles. The fourth-order valence-corrected chi connectivity index (χ4v) is 4.31. The van der Waals surface area contributed by atoms with Crippen molar-refractivity contribution in [1.82, 2.24) is 5.32 Å². The van der Waals surface area contributed by atoms with Crippen LogP contribution in [-0.2, 0) is 9.84 Å². The van der Waals surface area contributed by atoms with Crippen molar-refractivity contribution in [2.75, 3.05) is 12.3 Å². The van der Waals surface area contributed by atoms with Gasteiger partial charge in [-0.1, -0.05) is 19.9 Å². The smallest absolute Gasteiger partial charge is 0.179 e. The van der Waals surface area contributed by atoms with E-state index in [-0.39, 0.29) is 22.6 Å². The van der Waals surface area contributed by atoms with Gasteiger partial charge in [0.1, 0.15) is 5.82 Å². The number of fused-ring (bicyclic) bond motifs is 1. The summed E-state index contributed by atoms with van der Waals surface area (Å²) in [5, 5.41) is 3.26. The molecule has 1 N–H and O–H groups in total. The third kappa shape index (κ3) is 2.21. The molecule has 0 radical (unpaired) electrons. The van der Waals surface area contributed by atoms with Crippen molar-refractivity contribution >= 4 is 9.84 Å². The summed E-state index contributed by atoms with van der Waals surface area (Å²) in [7, 11) is -3.34. The molecule has 5 heteroatoms. The maximum absolute atomic E-state index is 13.2. The molecule has 1 aliphatic rings. The van der Waals surface area contributed by atoms with Crippen LogP contribution in [0, 0.1) is 11.7 Å². The van der Waals surface area contributed by atoms with Gasteiger partial charge in [-0.15, -0.1) is 0 Å². The maximum Gasteiger partial charge on any atom is 0.179 e. The molecule has 0 bridgehead atoms. The van der Waals surface area contributed by atoms with Crippen molar-refractivity contribution < 1.29 is 12.8 Å². The summed E-state index contributed by atoms with van der Waals surface area (Å²) in [6.45, 7) is 4.63. The lowest BCUT2D eigenvalue weighted by molar-refractivity contribution is 0.402. The van der Waals surface area contributed by atoms with Crippen LogP contribution in [0.5, 0.6) is 0 Å². The van der Waals surface area contributed by atoms with Gasteiger partial charge in [-0.3, -0.25) is 0 Å². The Morgan fingerprint density at radius 1 is 1.47 bits per heavy atom. The van der Waals surface area contributed by atoms with Gasteiger partial charge >= 0.3 is 0 Å². The van der Waals surface area contributed by atoms with Crippen molar-refractivity contribution in [1.29, 1.82) is 0 Å². The van der Waals surface area contributed by atoms with E-state index in [2.05, 4.69) is 5.32 Å². The van der Waals surface area contributed by atoms with Gasteiger partial charge in [0.2, 0.25) is 0 Å². The van der Waals surface area contributed by atoms with Crippen molar-refractivity contribution in [2.45, 2.75) is 24.8 Å². The first kappa shape index (κ1) is 12.5. The molecule has 1 aliphatic heterocycles. The Morgan fingerprint density at radius 2 is 2.18 bits per heavy atom. The van der Waals surface area contributed by atoms with Crippen molar-refractivity contribution in [3.63, 3.8) is 0 Å². The Kier molecular flexibility index (Phi) is 3.23. The highest BCUT2D eigenvalue weighted by Gasteiger charge is 2.35. The minimum Gasteiger partial charge on any atom is -0.310 e. The second-order valence-corrected chi connectivity index (χ2v) is 6.48. The van der Waals surface area contributed by atoms with Gasteiger partial charge in [0.25, 0.3) is 0 Å². The molecule has 1 heterocycles. The summed E-state index contributed by atoms with van der Waals surface area (Å²) in [5.74, 6) is -0.434. The van der Waals surface area contributed by atoms with Crippen LogP contribution >= 0.6 is 0 Å². The van der Waals surface area contributed by atoms with Gasteiger partial charge in [-0.05, 0) is 30.2 Å². The highest BCUT2D eigenvalue weighted by atomic mass is 32.2. The minimum absolute atomic E-state index is 0.00193. The number of sulfone groups is 1. The van der Waals surface area contributed by atoms with E-state index in [1.54, 1.807) is 6.07 Å². The topological polar surface area (TPSA) is 46.2 Å². The van der Waals surface area contributed by atoms with Crippen LogP contribution < -0.4 is 5.32 Å². The molecule has 0 saturated carbocycles. The van der Waals surface area contributed by atoms with Gasteiger partial charge in [0, 0.05) is 6.04 Å². The molecule has 17 heavy (non-hydrogen) atoms. The molecule has 94 valence electrons. The Bertz CT molecular complexity index is 527. The van der Waals surface area contributed by atoms with Gasteiger partial charge in [-0.2, -0.15) is 0 Å². The highest BCUT2D eigenvalue weighted by Crippen LogP contribution is 2.35. The molecule has 3 nitrogen and oxygen atoms in total. The molecular formula is C12H16FNO2S. The highest BCUT2D eigenvalue weighted by molar-refractivity contribution is 7.91. The molecular weight excluding hydrogens is 241 g/mol. The molecule has 0 spiro atoms. The third-order valence-electron chi connectivity index (χ3n) is 3.12. The van der Waals surface area contributed by atoms with Crippen LogP contribution in [0.2, 0.25) is 0 Å². The molecule has 1 aromatic carbocycles. The van der Waals surface area contributed by atoms with E-state index in [4.69, 9.17) is 0 Å². The van der Waals surface area contributed by atoms with Crippen molar-refractivity contribution in [3.8, 4) is 0 Å². The van der Waals surface area contributed by atoms with E-state index < -0.39 is 15.7 Å². The van der Waals surface area contributed by atoms with Gasteiger partial charge < -0.3 is 5.32 Å². The summed E-state index contributed by atoms with van der Waals surface area (Å²) in [4.78, 5) is 0.140. The van der Waals surface area contributed by atoms with E-state index in [1.807, 2.05) is 13.8 Å². The lowest BCUT2D eigenvalue weighted by Gasteiger charge is -2.31. The summed E-state index contributed by atoms with van der Waals surface area (Å²) < 4.78 is 37.1. The quantitative estimate of drug-likeness (QED) is 0.880. The Hall–Kier alpha value is -0.940. The largest absolute Gasteiger partial charge is 0.310 e. The number of hydrogen-bond donors (Lipinski definition) is 1. The summed E-state index contributed by atoms with van der Waals surface area (Å²) in [5.41, 5.74) is 0.687. The first-order chi connectivity index (χ1) is 7.95. The van der Waals surface area contributed by atoms with E-state index in [0.29, 0.717) is 5.56 Å². The number of nitrogens with one attached hydrogen (secondary N) is 1. The van der Waals surface area contributed by atoms with Crippen LogP contribution in [-0.4, -0.2) is 20.7 Å². The molecule has 1 aromatic rings. The lowest BCUT2D eigenvalue weighted by atomic mass is 9.95. The van der Waals surface area contributed by atoms with E-state index in [0.717, 1.165) is 12.6 Å². The predicted octanol–water partition coefficient (Wildman–Crippen LogP) is 1.90. The maximum atomic E-state index is 13.2. The molecule has 0 amide bonds. The number of benzene rings is 1. The number of hydrogen-bond acceptors (Lipinski definition) is 3. The zero-order valence-electron chi connectivity index (χ0n) is 9.90. The third-order valence-corrected chi connectivity index (χ3v) is 5.11. The van der Waals surface area contributed by atoms with Crippen LogP contribution in [0.3, 0.4) is 0 Å². The van der Waals surface area contributed by atoms with Crippen LogP contribution in [0.4, 0.5) is 4.39 Å². The molecule has 0 fully saturated rings. The summed E-state index contributed by atoms with van der Waals surface area (Å²) in [6, 6.07) is 4.00. The molecule has 2 atom stereocenters. The van der Waals surface area contributed by atoms with E-state index >= 15 is 0 Å². The normalized spacial score (nSPS) is 26.5. The SMILES string of the molecule is CCNC1c2ccc(F)cc2S(=O)(=O)CC1C. The first-order valence-electron chi connectivity index (χ1n) is 5.71. The standard InChI is InChI=1S/C12H16FNO2S/c1-3-14-12-8(2)7-17(15,16)11-6-9(13)4-5-10(11)12/h4-6,8,12,14H,3,7H2,1-2H3. The number of rotatable bonds is 2. The number of halogens is 1. The summed E-state index contributed by atoms with van der Waals surface area (Å²) in [6.07, 6.45) is 0. The first-order valence-corrected chi connectivity index (χ1v) is 7.36. The lowest BCUT2D eigenvalue weighted by Crippen LogP contribution is -2.36. The van der Waals surface area contributed by atoms with Gasteiger partial charge in [0.05, 0.1) is 10.6 Å². The predicted molar refractivity (Wildman–Crippen MR) is 64.0 cm³/mol. The molecule has 0 saturated heterocycles. The zero-order chi connectivity index (χ0) is 12.6. The Labute approximate surface area is 101 Å². The van der Waals surface area contributed by atoms with Crippen molar-refractivity contribution in [3.05, 3.63) is 29.6 Å². The second kappa shape index (κ2) is 4.38. The van der Waals surface area contributed by atoms with Gasteiger partial charge in [0.15, 0.2) is 9.84 Å². The average Bonchev–Trinajstić information content (AvgIpc) is 2.24. The van der Waals surface area contributed by atoms with Crippen LogP contribution in [0.15, 0.2) is 23.1 Å². The minimum atomic E-state index is -3.34. The van der Waals surface area contributed by atoms with Crippen LogP contribution in [0.1, 0.15) is 25.5 Å². The van der Waals surface area contributed by atoms with Gasteiger partial charge in [-0.25, -0.2) is 12.8 Å². The zero-order valence-corrected chi connectivity index (χ0v) is 10.7. The van der Waals surface area contributed by atoms with E-state index in [1.165, 1.54) is 6.07 Å². The van der Waals surface area contributed by atoms with Crippen LogP contribution in [0.25, 0.3) is 0 Å². The Balaban J connectivity index is 2.59. The molecule has 0 aromatic heterocycles. The molecule has 2 rings (SSSR count). The monoisotopic (exact) mass is 257 g/mol. The molecule has 2 unspecified atom stereocenters. The summed E-state index contributed by atoms with van der Waals surface area (Å²) >= 11 is 0.